The first-order chi connectivity index (χ1) is 12.6. The standard InChI is InChI=1S/C20H21NO5/c1-23-17-8-12-5-6-13-9-18(24-2)20(26-4)11-15(13)16(21-22)7-14(12)10-19(17)25-3/h5-6,8-11,22H,7H2,1-4H3/b6-5-,21-16-. The zero-order chi connectivity index (χ0) is 18.7. The van der Waals surface area contributed by atoms with Gasteiger partial charge >= 0.3 is 0 Å². The second-order valence-electron chi connectivity index (χ2n) is 5.76. The molecule has 1 N–H and O–H groups in total. The Bertz CT molecular complexity index is 886. The number of nitrogens with zero attached hydrogens (tertiary/aromatic N) is 1. The molecule has 0 spiro atoms. The summed E-state index contributed by atoms with van der Waals surface area (Å²) in [6.45, 7) is 0. The molecule has 0 radical (unpaired) electrons. The van der Waals surface area contributed by atoms with Gasteiger partial charge in [0.05, 0.1) is 34.2 Å². The summed E-state index contributed by atoms with van der Waals surface area (Å²) in [5.41, 5.74) is 4.10. The van der Waals surface area contributed by atoms with Crippen molar-refractivity contribution in [3.63, 3.8) is 0 Å². The van der Waals surface area contributed by atoms with Gasteiger partial charge in [-0.3, -0.25) is 0 Å². The minimum atomic E-state index is 0.430. The third-order valence-corrected chi connectivity index (χ3v) is 4.43. The molecule has 0 saturated carbocycles. The van der Waals surface area contributed by atoms with Crippen LogP contribution in [0.25, 0.3) is 12.2 Å². The molecule has 0 saturated heterocycles. The molecule has 3 rings (SSSR count). The third kappa shape index (κ3) is 3.06. The van der Waals surface area contributed by atoms with Crippen LogP contribution in [0.2, 0.25) is 0 Å². The average molecular weight is 355 g/mol. The summed E-state index contributed by atoms with van der Waals surface area (Å²) in [6, 6.07) is 7.49. The Balaban J connectivity index is 2.21. The van der Waals surface area contributed by atoms with Crippen molar-refractivity contribution >= 4 is 17.9 Å². The van der Waals surface area contributed by atoms with Crippen LogP contribution in [0, 0.1) is 0 Å². The Hall–Kier alpha value is -3.15. The number of oxime groups is 1. The van der Waals surface area contributed by atoms with Gasteiger partial charge in [0.1, 0.15) is 0 Å². The molecular weight excluding hydrogens is 334 g/mol. The molecule has 0 amide bonds. The lowest BCUT2D eigenvalue weighted by Gasteiger charge is -2.18. The maximum absolute atomic E-state index is 9.63. The maximum Gasteiger partial charge on any atom is 0.161 e. The minimum Gasteiger partial charge on any atom is -0.493 e. The molecule has 0 aromatic heterocycles. The zero-order valence-electron chi connectivity index (χ0n) is 15.2. The molecule has 0 bridgehead atoms. The van der Waals surface area contributed by atoms with E-state index in [1.807, 2.05) is 36.4 Å². The first-order valence-electron chi connectivity index (χ1n) is 8.05. The van der Waals surface area contributed by atoms with Crippen LogP contribution in [0.1, 0.15) is 22.3 Å². The van der Waals surface area contributed by atoms with E-state index in [4.69, 9.17) is 18.9 Å². The van der Waals surface area contributed by atoms with Gasteiger partial charge in [-0.2, -0.15) is 0 Å². The van der Waals surface area contributed by atoms with Gasteiger partial charge in [0.25, 0.3) is 0 Å². The van der Waals surface area contributed by atoms with E-state index >= 15 is 0 Å². The molecule has 6 nitrogen and oxygen atoms in total. The molecule has 2 aromatic carbocycles. The predicted octanol–water partition coefficient (Wildman–Crippen LogP) is 3.63. The monoisotopic (exact) mass is 355 g/mol. The van der Waals surface area contributed by atoms with Crippen LogP contribution in [0.3, 0.4) is 0 Å². The summed E-state index contributed by atoms with van der Waals surface area (Å²) in [5, 5.41) is 13.2. The Morgan fingerprint density at radius 1 is 0.731 bits per heavy atom. The normalized spacial score (nSPS) is 15.3. The van der Waals surface area contributed by atoms with Gasteiger partial charge in [-0.1, -0.05) is 17.3 Å². The number of hydrogen-bond donors (Lipinski definition) is 1. The van der Waals surface area contributed by atoms with Gasteiger partial charge in [0.2, 0.25) is 0 Å². The highest BCUT2D eigenvalue weighted by Gasteiger charge is 2.20. The van der Waals surface area contributed by atoms with Gasteiger partial charge in [0.15, 0.2) is 23.0 Å². The minimum absolute atomic E-state index is 0.430. The van der Waals surface area contributed by atoms with E-state index in [1.165, 1.54) is 0 Å². The molecule has 0 unspecified atom stereocenters. The van der Waals surface area contributed by atoms with E-state index < -0.39 is 0 Å². The van der Waals surface area contributed by atoms with Crippen molar-refractivity contribution in [2.24, 2.45) is 5.16 Å². The number of hydrogen-bond acceptors (Lipinski definition) is 6. The predicted molar refractivity (Wildman–Crippen MR) is 100 cm³/mol. The van der Waals surface area contributed by atoms with Crippen LogP contribution in [0.15, 0.2) is 29.4 Å². The van der Waals surface area contributed by atoms with Crippen molar-refractivity contribution in [1.82, 2.24) is 0 Å². The average Bonchev–Trinajstić information content (AvgIpc) is 2.68. The summed E-state index contributed by atoms with van der Waals surface area (Å²) in [5.74, 6) is 2.46. The number of methoxy groups -OCH3 is 4. The topological polar surface area (TPSA) is 69.5 Å². The first-order valence-corrected chi connectivity index (χ1v) is 8.05. The highest BCUT2D eigenvalue weighted by Crippen LogP contribution is 2.36. The highest BCUT2D eigenvalue weighted by atomic mass is 16.5. The van der Waals surface area contributed by atoms with E-state index in [1.54, 1.807) is 28.4 Å². The SMILES string of the molecule is COc1cc2c(cc1OC)C/C(=N/O)c1cc(OC)c(OC)cc1/C=C\2. The fourth-order valence-corrected chi connectivity index (χ4v) is 3.07. The molecule has 0 atom stereocenters. The second kappa shape index (κ2) is 7.39. The van der Waals surface area contributed by atoms with Crippen LogP contribution in [0.4, 0.5) is 0 Å². The van der Waals surface area contributed by atoms with Crippen molar-refractivity contribution in [2.75, 3.05) is 28.4 Å². The Morgan fingerprint density at radius 2 is 1.23 bits per heavy atom. The van der Waals surface area contributed by atoms with Crippen LogP contribution < -0.4 is 18.9 Å². The molecule has 1 aliphatic carbocycles. The molecule has 0 fully saturated rings. The van der Waals surface area contributed by atoms with Gasteiger partial charge < -0.3 is 24.2 Å². The third-order valence-electron chi connectivity index (χ3n) is 4.43. The van der Waals surface area contributed by atoms with E-state index in [0.29, 0.717) is 35.1 Å². The number of fused-ring (bicyclic) bond motifs is 2. The Morgan fingerprint density at radius 3 is 1.81 bits per heavy atom. The van der Waals surface area contributed by atoms with Crippen molar-refractivity contribution in [3.8, 4) is 23.0 Å². The van der Waals surface area contributed by atoms with Crippen LogP contribution in [-0.2, 0) is 6.42 Å². The molecule has 0 aliphatic heterocycles. The summed E-state index contributed by atoms with van der Waals surface area (Å²) in [6.07, 6.45) is 4.38. The quantitative estimate of drug-likeness (QED) is 0.670. The fraction of sp³-hybridized carbons (Fsp3) is 0.250. The molecule has 136 valence electrons. The van der Waals surface area contributed by atoms with Crippen molar-refractivity contribution in [1.29, 1.82) is 0 Å². The molecule has 6 heteroatoms. The van der Waals surface area contributed by atoms with Crippen molar-refractivity contribution in [3.05, 3.63) is 46.5 Å². The van der Waals surface area contributed by atoms with E-state index in [0.717, 1.165) is 22.3 Å². The Labute approximate surface area is 152 Å². The van der Waals surface area contributed by atoms with E-state index in [9.17, 15) is 5.21 Å². The van der Waals surface area contributed by atoms with Gasteiger partial charge in [-0.25, -0.2) is 0 Å². The largest absolute Gasteiger partial charge is 0.493 e. The smallest absolute Gasteiger partial charge is 0.161 e. The van der Waals surface area contributed by atoms with E-state index in [2.05, 4.69) is 5.16 Å². The molecule has 2 aromatic rings. The van der Waals surface area contributed by atoms with Gasteiger partial charge in [-0.05, 0) is 41.0 Å². The van der Waals surface area contributed by atoms with E-state index in [-0.39, 0.29) is 0 Å². The molecule has 0 heterocycles. The lowest BCUT2D eigenvalue weighted by Crippen LogP contribution is -2.11. The van der Waals surface area contributed by atoms with Crippen LogP contribution in [0.5, 0.6) is 23.0 Å². The summed E-state index contributed by atoms with van der Waals surface area (Å²) < 4.78 is 21.5. The molecular formula is C20H21NO5. The summed E-state index contributed by atoms with van der Waals surface area (Å²) >= 11 is 0. The fourth-order valence-electron chi connectivity index (χ4n) is 3.07. The molecule has 26 heavy (non-hydrogen) atoms. The number of ether oxygens (including phenoxy) is 4. The number of benzene rings is 2. The maximum atomic E-state index is 9.63. The van der Waals surface area contributed by atoms with Gasteiger partial charge in [0, 0.05) is 12.0 Å². The second-order valence-corrected chi connectivity index (χ2v) is 5.76. The lowest BCUT2D eigenvalue weighted by molar-refractivity contribution is 0.318. The number of rotatable bonds is 4. The van der Waals surface area contributed by atoms with Crippen LogP contribution in [-0.4, -0.2) is 39.4 Å². The zero-order valence-corrected chi connectivity index (χ0v) is 15.2. The van der Waals surface area contributed by atoms with Gasteiger partial charge in [-0.15, -0.1) is 0 Å². The molecule has 1 aliphatic rings. The highest BCUT2D eigenvalue weighted by molar-refractivity contribution is 6.06. The summed E-state index contributed by atoms with van der Waals surface area (Å²) in [4.78, 5) is 0. The summed E-state index contributed by atoms with van der Waals surface area (Å²) in [7, 11) is 6.36. The van der Waals surface area contributed by atoms with Crippen molar-refractivity contribution in [2.45, 2.75) is 6.42 Å². The van der Waals surface area contributed by atoms with Crippen molar-refractivity contribution < 1.29 is 24.2 Å². The van der Waals surface area contributed by atoms with Crippen LogP contribution >= 0.6 is 0 Å². The first kappa shape index (κ1) is 17.7. The lowest BCUT2D eigenvalue weighted by atomic mass is 9.91. The Kier molecular flexibility index (Phi) is 5.02.